The second kappa shape index (κ2) is 13.2. The van der Waals surface area contributed by atoms with Crippen molar-refractivity contribution in [1.29, 1.82) is 0 Å². The highest BCUT2D eigenvalue weighted by Gasteiger charge is 2.16. The average Bonchev–Trinajstić information content (AvgIpc) is 3.23. The van der Waals surface area contributed by atoms with Crippen LogP contribution >= 0.6 is 24.8 Å². The van der Waals surface area contributed by atoms with Gasteiger partial charge in [0, 0.05) is 49.4 Å². The highest BCUT2D eigenvalue weighted by atomic mass is 35.5. The average molecular weight is 467 g/mol. The Hall–Kier alpha value is -2.28. The summed E-state index contributed by atoms with van der Waals surface area (Å²) in [5.74, 6) is -0.276. The maximum Gasteiger partial charge on any atom is 0.226 e. The molecule has 0 aliphatic carbocycles. The lowest BCUT2D eigenvalue weighted by atomic mass is 10.0. The third-order valence-electron chi connectivity index (χ3n) is 5.13. The molecule has 1 saturated heterocycles. The molecule has 2 amide bonds. The van der Waals surface area contributed by atoms with Gasteiger partial charge < -0.3 is 21.3 Å². The number of benzene rings is 2. The zero-order valence-electron chi connectivity index (χ0n) is 17.8. The molecule has 1 fully saturated rings. The van der Waals surface area contributed by atoms with Gasteiger partial charge in [-0.15, -0.1) is 24.8 Å². The highest BCUT2D eigenvalue weighted by molar-refractivity contribution is 5.92. The summed E-state index contributed by atoms with van der Waals surface area (Å²) in [7, 11) is 0. The van der Waals surface area contributed by atoms with E-state index in [2.05, 4.69) is 21.6 Å². The molecule has 6 nitrogen and oxygen atoms in total. The van der Waals surface area contributed by atoms with Gasteiger partial charge in [-0.05, 0) is 43.5 Å². The zero-order chi connectivity index (χ0) is 20.6. The summed E-state index contributed by atoms with van der Waals surface area (Å²) in [6.07, 6.45) is 2.82. The van der Waals surface area contributed by atoms with Crippen molar-refractivity contribution in [2.24, 2.45) is 5.73 Å². The van der Waals surface area contributed by atoms with Crippen molar-refractivity contribution in [2.75, 3.05) is 23.3 Å². The SMILES string of the molecule is CC(CC(=O)Nc1cccc(N2CCCC2)c1)NC(=O)CC(N)c1ccccc1.Cl.Cl. The van der Waals surface area contributed by atoms with Crippen molar-refractivity contribution in [3.05, 3.63) is 60.2 Å². The topological polar surface area (TPSA) is 87.5 Å². The summed E-state index contributed by atoms with van der Waals surface area (Å²) in [6, 6.07) is 16.8. The van der Waals surface area contributed by atoms with Gasteiger partial charge in [-0.1, -0.05) is 36.4 Å². The van der Waals surface area contributed by atoms with E-state index < -0.39 is 0 Å². The summed E-state index contributed by atoms with van der Waals surface area (Å²) in [5.41, 5.74) is 8.94. The molecule has 170 valence electrons. The van der Waals surface area contributed by atoms with Crippen LogP contribution in [0.4, 0.5) is 11.4 Å². The van der Waals surface area contributed by atoms with Gasteiger partial charge in [0.05, 0.1) is 0 Å². The number of hydrogen-bond acceptors (Lipinski definition) is 4. The number of carbonyl (C=O) groups is 2. The lowest BCUT2D eigenvalue weighted by Gasteiger charge is -2.19. The van der Waals surface area contributed by atoms with Gasteiger partial charge in [0.1, 0.15) is 0 Å². The number of hydrogen-bond donors (Lipinski definition) is 3. The Kier molecular flexibility index (Phi) is 11.4. The number of amides is 2. The quantitative estimate of drug-likeness (QED) is 0.547. The van der Waals surface area contributed by atoms with Gasteiger partial charge in [-0.25, -0.2) is 0 Å². The van der Waals surface area contributed by atoms with Gasteiger partial charge >= 0.3 is 0 Å². The van der Waals surface area contributed by atoms with Gasteiger partial charge in [0.2, 0.25) is 11.8 Å². The maximum atomic E-state index is 12.4. The van der Waals surface area contributed by atoms with Crippen molar-refractivity contribution >= 4 is 48.0 Å². The van der Waals surface area contributed by atoms with Gasteiger partial charge in [0.15, 0.2) is 0 Å². The fraction of sp³-hybridized carbons (Fsp3) is 0.391. The molecule has 1 heterocycles. The fourth-order valence-electron chi connectivity index (χ4n) is 3.65. The molecule has 0 radical (unpaired) electrons. The largest absolute Gasteiger partial charge is 0.371 e. The monoisotopic (exact) mass is 466 g/mol. The van der Waals surface area contributed by atoms with E-state index in [9.17, 15) is 9.59 Å². The van der Waals surface area contributed by atoms with Crippen LogP contribution in [0.2, 0.25) is 0 Å². The number of anilines is 2. The van der Waals surface area contributed by atoms with E-state index in [1.807, 2.05) is 55.5 Å². The first kappa shape index (κ1) is 26.8. The molecule has 1 aliphatic heterocycles. The van der Waals surface area contributed by atoms with E-state index in [1.54, 1.807) is 0 Å². The molecule has 31 heavy (non-hydrogen) atoms. The van der Waals surface area contributed by atoms with Crippen molar-refractivity contribution in [3.63, 3.8) is 0 Å². The Morgan fingerprint density at radius 1 is 0.968 bits per heavy atom. The molecule has 2 aromatic carbocycles. The number of rotatable bonds is 8. The van der Waals surface area contributed by atoms with Crippen LogP contribution in [0.3, 0.4) is 0 Å². The minimum atomic E-state index is -0.356. The first-order valence-electron chi connectivity index (χ1n) is 10.3. The van der Waals surface area contributed by atoms with E-state index in [-0.39, 0.29) is 61.6 Å². The van der Waals surface area contributed by atoms with Gasteiger partial charge in [0.25, 0.3) is 0 Å². The molecule has 0 saturated carbocycles. The molecule has 0 spiro atoms. The zero-order valence-corrected chi connectivity index (χ0v) is 19.4. The third kappa shape index (κ3) is 8.40. The molecule has 4 N–H and O–H groups in total. The van der Waals surface area contributed by atoms with E-state index in [4.69, 9.17) is 5.73 Å². The molecule has 0 bridgehead atoms. The van der Waals surface area contributed by atoms with Crippen LogP contribution in [-0.4, -0.2) is 30.9 Å². The number of nitrogens with one attached hydrogen (secondary N) is 2. The van der Waals surface area contributed by atoms with Crippen LogP contribution in [0.15, 0.2) is 54.6 Å². The van der Waals surface area contributed by atoms with E-state index in [1.165, 1.54) is 12.8 Å². The summed E-state index contributed by atoms with van der Waals surface area (Å²) in [6.45, 7) is 3.95. The van der Waals surface area contributed by atoms with Crippen LogP contribution in [-0.2, 0) is 9.59 Å². The van der Waals surface area contributed by atoms with Crippen LogP contribution in [0.1, 0.15) is 44.2 Å². The predicted molar refractivity (Wildman–Crippen MR) is 131 cm³/mol. The number of nitrogens with two attached hydrogens (primary N) is 1. The van der Waals surface area contributed by atoms with Gasteiger partial charge in [-0.3, -0.25) is 9.59 Å². The van der Waals surface area contributed by atoms with E-state index >= 15 is 0 Å². The first-order valence-corrected chi connectivity index (χ1v) is 10.3. The maximum absolute atomic E-state index is 12.4. The standard InChI is InChI=1S/C23H30N4O2.2ClH/c1-17(25-23(29)16-21(24)18-8-3-2-4-9-18)14-22(28)26-19-10-7-11-20(15-19)27-12-5-6-13-27;;/h2-4,7-11,15,17,21H,5-6,12-14,16,24H2,1H3,(H,25,29)(H,26,28);2*1H. The van der Waals surface area contributed by atoms with Crippen LogP contribution in [0.25, 0.3) is 0 Å². The fourth-order valence-corrected chi connectivity index (χ4v) is 3.65. The van der Waals surface area contributed by atoms with Crippen molar-refractivity contribution in [1.82, 2.24) is 5.32 Å². The van der Waals surface area contributed by atoms with Crippen molar-refractivity contribution in [2.45, 2.75) is 44.7 Å². The van der Waals surface area contributed by atoms with E-state index in [0.29, 0.717) is 0 Å². The first-order chi connectivity index (χ1) is 14.0. The molecular weight excluding hydrogens is 435 g/mol. The van der Waals surface area contributed by atoms with E-state index in [0.717, 1.165) is 30.0 Å². The molecular formula is C23H32Cl2N4O2. The summed E-state index contributed by atoms with van der Waals surface area (Å²) >= 11 is 0. The molecule has 2 unspecified atom stereocenters. The smallest absolute Gasteiger partial charge is 0.226 e. The molecule has 3 rings (SSSR count). The Labute approximate surface area is 196 Å². The number of nitrogens with zero attached hydrogens (tertiary/aromatic N) is 1. The Balaban J connectivity index is 0.00000240. The number of carbonyl (C=O) groups excluding carboxylic acids is 2. The normalized spacial score (nSPS) is 14.6. The second-order valence-electron chi connectivity index (χ2n) is 7.69. The molecule has 2 atom stereocenters. The Bertz CT molecular complexity index is 829. The number of halogens is 2. The minimum absolute atomic E-state index is 0. The van der Waals surface area contributed by atoms with Crippen LogP contribution in [0, 0.1) is 0 Å². The lowest BCUT2D eigenvalue weighted by Crippen LogP contribution is -2.36. The predicted octanol–water partition coefficient (Wildman–Crippen LogP) is 4.05. The molecule has 2 aromatic rings. The van der Waals surface area contributed by atoms with Gasteiger partial charge in [-0.2, -0.15) is 0 Å². The second-order valence-corrected chi connectivity index (χ2v) is 7.69. The summed E-state index contributed by atoms with van der Waals surface area (Å²) < 4.78 is 0. The van der Waals surface area contributed by atoms with Crippen LogP contribution < -0.4 is 21.3 Å². The lowest BCUT2D eigenvalue weighted by molar-refractivity contribution is -0.122. The highest BCUT2D eigenvalue weighted by Crippen LogP contribution is 2.23. The Morgan fingerprint density at radius 2 is 1.65 bits per heavy atom. The van der Waals surface area contributed by atoms with Crippen molar-refractivity contribution in [3.8, 4) is 0 Å². The minimum Gasteiger partial charge on any atom is -0.371 e. The summed E-state index contributed by atoms with van der Waals surface area (Å²) in [5, 5.41) is 5.80. The van der Waals surface area contributed by atoms with Crippen LogP contribution in [0.5, 0.6) is 0 Å². The molecule has 8 heteroatoms. The molecule has 0 aromatic heterocycles. The van der Waals surface area contributed by atoms with Crippen molar-refractivity contribution < 1.29 is 9.59 Å². The molecule has 1 aliphatic rings. The summed E-state index contributed by atoms with van der Waals surface area (Å²) in [4.78, 5) is 26.9. The Morgan fingerprint density at radius 3 is 2.32 bits per heavy atom. The third-order valence-corrected chi connectivity index (χ3v) is 5.13.